The monoisotopic (exact) mass is 378 g/mol. The van der Waals surface area contributed by atoms with E-state index in [4.69, 9.17) is 0 Å². The molecule has 1 fully saturated rings. The maximum Gasteiger partial charge on any atom is 0.150 e. The van der Waals surface area contributed by atoms with Crippen LogP contribution < -0.4 is 0 Å². The number of allylic oxidation sites excluding steroid dienone is 1. The first-order valence-corrected chi connectivity index (χ1v) is 10.7. The Bertz CT molecular complexity index is 1040. The number of rotatable bonds is 4. The summed E-state index contributed by atoms with van der Waals surface area (Å²) in [5.74, 6) is 1.31. The van der Waals surface area contributed by atoms with E-state index >= 15 is 0 Å². The molecule has 5 rings (SSSR count). The largest absolute Gasteiger partial charge is 0.298 e. The number of benzene rings is 3. The third kappa shape index (κ3) is 3.58. The minimum absolute atomic E-state index is 0.594. The van der Waals surface area contributed by atoms with Crippen molar-refractivity contribution < 1.29 is 4.79 Å². The molecule has 1 nitrogen and oxygen atoms in total. The fourth-order valence-corrected chi connectivity index (χ4v) is 5.22. The van der Waals surface area contributed by atoms with Crippen molar-refractivity contribution in [2.24, 2.45) is 5.92 Å². The van der Waals surface area contributed by atoms with Crippen molar-refractivity contribution in [3.8, 4) is 0 Å². The summed E-state index contributed by atoms with van der Waals surface area (Å²) in [7, 11) is 0. The Morgan fingerprint density at radius 3 is 2.45 bits per heavy atom. The third-order valence-corrected chi connectivity index (χ3v) is 6.70. The molecule has 1 saturated carbocycles. The molecular weight excluding hydrogens is 352 g/mol. The summed E-state index contributed by atoms with van der Waals surface area (Å²) in [6, 6.07) is 26.0. The zero-order valence-electron chi connectivity index (χ0n) is 16.7. The summed E-state index contributed by atoms with van der Waals surface area (Å²) in [5.41, 5.74) is 8.79. The molecule has 2 unspecified atom stereocenters. The number of aldehydes is 1. The molecule has 0 aromatic heterocycles. The van der Waals surface area contributed by atoms with Gasteiger partial charge in [0.1, 0.15) is 6.29 Å². The number of fused-ring (bicyclic) bond motifs is 3. The fraction of sp³-hybridized carbons (Fsp3) is 0.250. The standard InChI is InChI=1S/C28H26O/c29-19-22-11-15-27-26(16-14-23-7-4-8-25(23)28(27)18-22)24-12-9-21(10-13-24)17-20-5-2-1-3-6-20/h1-3,5-6,9-13,15-16,18-19,23,25H,4,7-8,14,17H2. The molecule has 3 aromatic carbocycles. The third-order valence-electron chi connectivity index (χ3n) is 6.70. The van der Waals surface area contributed by atoms with E-state index in [1.54, 1.807) is 0 Å². The Balaban J connectivity index is 1.50. The zero-order chi connectivity index (χ0) is 19.6. The van der Waals surface area contributed by atoms with Gasteiger partial charge < -0.3 is 0 Å². The molecule has 2 aliphatic rings. The van der Waals surface area contributed by atoms with E-state index in [0.717, 1.165) is 24.7 Å². The lowest BCUT2D eigenvalue weighted by Crippen LogP contribution is -2.06. The van der Waals surface area contributed by atoms with Gasteiger partial charge in [-0.3, -0.25) is 4.79 Å². The van der Waals surface area contributed by atoms with E-state index < -0.39 is 0 Å². The van der Waals surface area contributed by atoms with Crippen molar-refractivity contribution in [3.63, 3.8) is 0 Å². The average Bonchev–Trinajstić information content (AvgIpc) is 3.18. The van der Waals surface area contributed by atoms with Crippen molar-refractivity contribution >= 4 is 11.9 Å². The molecule has 0 bridgehead atoms. The molecule has 0 aliphatic heterocycles. The van der Waals surface area contributed by atoms with Crippen molar-refractivity contribution in [2.45, 2.75) is 38.0 Å². The highest BCUT2D eigenvalue weighted by Crippen LogP contribution is 2.47. The van der Waals surface area contributed by atoms with Crippen molar-refractivity contribution in [1.82, 2.24) is 0 Å². The fourth-order valence-electron chi connectivity index (χ4n) is 5.22. The second kappa shape index (κ2) is 7.83. The predicted molar refractivity (Wildman–Crippen MR) is 119 cm³/mol. The average molecular weight is 379 g/mol. The Morgan fingerprint density at radius 2 is 1.66 bits per heavy atom. The second-order valence-electron chi connectivity index (χ2n) is 8.47. The molecule has 0 N–H and O–H groups in total. The quantitative estimate of drug-likeness (QED) is 0.456. The van der Waals surface area contributed by atoms with Gasteiger partial charge in [-0.05, 0) is 77.0 Å². The van der Waals surface area contributed by atoms with Gasteiger partial charge in [0.05, 0.1) is 0 Å². The lowest BCUT2D eigenvalue weighted by Gasteiger charge is -2.20. The topological polar surface area (TPSA) is 17.1 Å². The molecule has 0 heterocycles. The van der Waals surface area contributed by atoms with Crippen molar-refractivity contribution in [3.05, 3.63) is 112 Å². The van der Waals surface area contributed by atoms with E-state index in [1.807, 2.05) is 6.07 Å². The summed E-state index contributed by atoms with van der Waals surface area (Å²) >= 11 is 0. The van der Waals surface area contributed by atoms with Gasteiger partial charge in [-0.15, -0.1) is 0 Å². The maximum absolute atomic E-state index is 11.4. The highest BCUT2D eigenvalue weighted by Gasteiger charge is 2.32. The maximum atomic E-state index is 11.4. The van der Waals surface area contributed by atoms with Gasteiger partial charge in [-0.1, -0.05) is 79.2 Å². The number of hydrogen-bond acceptors (Lipinski definition) is 1. The minimum atomic E-state index is 0.594. The number of hydrogen-bond donors (Lipinski definition) is 0. The highest BCUT2D eigenvalue weighted by atomic mass is 16.1. The molecule has 1 heteroatoms. The normalized spacial score (nSPS) is 20.3. The first-order valence-electron chi connectivity index (χ1n) is 10.7. The molecule has 0 amide bonds. The summed E-state index contributed by atoms with van der Waals surface area (Å²) in [6.45, 7) is 0. The van der Waals surface area contributed by atoms with E-state index in [2.05, 4.69) is 72.8 Å². The number of carbonyl (C=O) groups is 1. The second-order valence-corrected chi connectivity index (χ2v) is 8.47. The highest BCUT2D eigenvalue weighted by molar-refractivity contribution is 5.85. The van der Waals surface area contributed by atoms with Crippen molar-refractivity contribution in [2.75, 3.05) is 0 Å². The van der Waals surface area contributed by atoms with E-state index in [1.165, 1.54) is 52.7 Å². The molecule has 0 radical (unpaired) electrons. The van der Waals surface area contributed by atoms with Crippen LogP contribution >= 0.6 is 0 Å². The number of carbonyl (C=O) groups excluding carboxylic acids is 1. The molecular formula is C28H26O. The summed E-state index contributed by atoms with van der Waals surface area (Å²) in [6.07, 6.45) is 9.38. The molecule has 144 valence electrons. The molecule has 2 atom stereocenters. The van der Waals surface area contributed by atoms with Crippen LogP contribution in [-0.4, -0.2) is 6.29 Å². The van der Waals surface area contributed by atoms with Gasteiger partial charge in [-0.25, -0.2) is 0 Å². The molecule has 3 aromatic rings. The van der Waals surface area contributed by atoms with Gasteiger partial charge >= 0.3 is 0 Å². The lowest BCUT2D eigenvalue weighted by atomic mass is 9.84. The van der Waals surface area contributed by atoms with Crippen LogP contribution in [0.25, 0.3) is 5.57 Å². The molecule has 0 saturated heterocycles. The van der Waals surface area contributed by atoms with E-state index in [0.29, 0.717) is 11.8 Å². The van der Waals surface area contributed by atoms with E-state index in [9.17, 15) is 4.79 Å². The zero-order valence-corrected chi connectivity index (χ0v) is 16.7. The van der Waals surface area contributed by atoms with E-state index in [-0.39, 0.29) is 0 Å². The van der Waals surface area contributed by atoms with Crippen LogP contribution in [0.4, 0.5) is 0 Å². The Labute approximate surface area is 173 Å². The van der Waals surface area contributed by atoms with Crippen LogP contribution in [0, 0.1) is 5.92 Å². The molecule has 29 heavy (non-hydrogen) atoms. The first kappa shape index (κ1) is 18.1. The smallest absolute Gasteiger partial charge is 0.150 e. The van der Waals surface area contributed by atoms with Crippen LogP contribution in [0.1, 0.15) is 69.8 Å². The van der Waals surface area contributed by atoms with Crippen molar-refractivity contribution in [1.29, 1.82) is 0 Å². The van der Waals surface area contributed by atoms with Crippen LogP contribution in [0.3, 0.4) is 0 Å². The Kier molecular flexibility index (Phi) is 4.89. The lowest BCUT2D eigenvalue weighted by molar-refractivity contribution is 0.112. The van der Waals surface area contributed by atoms with Gasteiger partial charge in [0.2, 0.25) is 0 Å². The SMILES string of the molecule is O=Cc1ccc2c(c1)C1CCCC1CC=C2c1ccc(Cc2ccccc2)cc1. The van der Waals surface area contributed by atoms with Crippen LogP contribution in [0.15, 0.2) is 78.9 Å². The Hall–Kier alpha value is -2.93. The van der Waals surface area contributed by atoms with Gasteiger partial charge in [0.15, 0.2) is 0 Å². The molecule has 0 spiro atoms. The van der Waals surface area contributed by atoms with Crippen LogP contribution in [-0.2, 0) is 6.42 Å². The first-order chi connectivity index (χ1) is 14.3. The summed E-state index contributed by atoms with van der Waals surface area (Å²) in [4.78, 5) is 11.4. The molecule has 2 aliphatic carbocycles. The Morgan fingerprint density at radius 1 is 0.862 bits per heavy atom. The predicted octanol–water partition coefficient (Wildman–Crippen LogP) is 6.81. The van der Waals surface area contributed by atoms with Crippen LogP contribution in [0.2, 0.25) is 0 Å². The van der Waals surface area contributed by atoms with Gasteiger partial charge in [-0.2, -0.15) is 0 Å². The van der Waals surface area contributed by atoms with Gasteiger partial charge in [0, 0.05) is 5.56 Å². The van der Waals surface area contributed by atoms with Gasteiger partial charge in [0.25, 0.3) is 0 Å². The summed E-state index contributed by atoms with van der Waals surface area (Å²) < 4.78 is 0. The minimum Gasteiger partial charge on any atom is -0.298 e. The van der Waals surface area contributed by atoms with Crippen LogP contribution in [0.5, 0.6) is 0 Å². The summed E-state index contributed by atoms with van der Waals surface area (Å²) in [5, 5.41) is 0.